The van der Waals surface area contributed by atoms with E-state index >= 15 is 0 Å². The minimum Gasteiger partial charge on any atom is -0.192 e. The lowest BCUT2D eigenvalue weighted by Crippen LogP contribution is -1.82. The van der Waals surface area contributed by atoms with E-state index in [0.717, 1.165) is 11.3 Å². The third-order valence-electron chi connectivity index (χ3n) is 1.15. The molecule has 0 fully saturated rings. The minimum absolute atomic E-state index is 0.237. The highest BCUT2D eigenvalue weighted by Crippen LogP contribution is 2.21. The molecule has 0 aromatic carbocycles. The van der Waals surface area contributed by atoms with Gasteiger partial charge in [-0.15, -0.1) is 11.8 Å². The Hall–Kier alpha value is -1.19. The molecule has 48 valence electrons. The zero-order chi connectivity index (χ0) is 7.40. The number of hydrogen-bond acceptors (Lipinski definition) is 3. The highest BCUT2D eigenvalue weighted by Gasteiger charge is 2.05. The molecule has 1 rings (SSSR count). The number of rotatable bonds is 0. The molecule has 0 saturated heterocycles. The molecule has 1 aliphatic heterocycles. The van der Waals surface area contributed by atoms with E-state index in [0.29, 0.717) is 0 Å². The summed E-state index contributed by atoms with van der Waals surface area (Å²) in [4.78, 5) is 0. The fourth-order valence-corrected chi connectivity index (χ4v) is 1.42. The van der Waals surface area contributed by atoms with Crippen LogP contribution in [-0.4, -0.2) is 5.75 Å². The van der Waals surface area contributed by atoms with E-state index in [2.05, 4.69) is 0 Å². The quantitative estimate of drug-likeness (QED) is 0.490. The Morgan fingerprint density at radius 3 is 2.60 bits per heavy atom. The van der Waals surface area contributed by atoms with Crippen molar-refractivity contribution in [3.8, 4) is 12.1 Å². The van der Waals surface area contributed by atoms with E-state index in [1.807, 2.05) is 23.6 Å². The predicted molar refractivity (Wildman–Crippen MR) is 39.9 cm³/mol. The lowest BCUT2D eigenvalue weighted by molar-refractivity contribution is 1.42. The summed E-state index contributed by atoms with van der Waals surface area (Å²) in [5, 5.41) is 18.7. The van der Waals surface area contributed by atoms with Crippen LogP contribution in [0.2, 0.25) is 0 Å². The van der Waals surface area contributed by atoms with Crippen molar-refractivity contribution in [3.63, 3.8) is 0 Å². The number of hydrogen-bond donors (Lipinski definition) is 0. The SMILES string of the molecule is N#CC(C#N)=C1C=CSC1. The lowest BCUT2D eigenvalue weighted by atomic mass is 10.2. The van der Waals surface area contributed by atoms with Gasteiger partial charge in [0.1, 0.15) is 17.7 Å². The van der Waals surface area contributed by atoms with Crippen molar-refractivity contribution in [1.82, 2.24) is 0 Å². The molecule has 0 atom stereocenters. The van der Waals surface area contributed by atoms with Gasteiger partial charge >= 0.3 is 0 Å². The Balaban J connectivity index is 2.97. The number of nitrogens with zero attached hydrogens (tertiary/aromatic N) is 2. The summed E-state index contributed by atoms with van der Waals surface area (Å²) in [6.07, 6.45) is 1.81. The second-order valence-corrected chi connectivity index (χ2v) is 2.63. The highest BCUT2D eigenvalue weighted by atomic mass is 32.2. The normalized spacial score (nSPS) is 14.4. The van der Waals surface area contributed by atoms with Gasteiger partial charge < -0.3 is 0 Å². The molecule has 0 N–H and O–H groups in total. The van der Waals surface area contributed by atoms with Crippen LogP contribution in [0, 0.1) is 22.7 Å². The van der Waals surface area contributed by atoms with Crippen LogP contribution in [0.5, 0.6) is 0 Å². The second-order valence-electron chi connectivity index (χ2n) is 1.74. The zero-order valence-electron chi connectivity index (χ0n) is 5.16. The minimum atomic E-state index is 0.237. The molecule has 0 unspecified atom stereocenters. The molecular formula is C7H4N2S. The summed E-state index contributed by atoms with van der Waals surface area (Å²) in [7, 11) is 0. The monoisotopic (exact) mass is 148 g/mol. The van der Waals surface area contributed by atoms with E-state index in [4.69, 9.17) is 10.5 Å². The van der Waals surface area contributed by atoms with Crippen LogP contribution in [-0.2, 0) is 0 Å². The van der Waals surface area contributed by atoms with Gasteiger partial charge in [-0.25, -0.2) is 0 Å². The second kappa shape index (κ2) is 3.10. The fourth-order valence-electron chi connectivity index (χ4n) is 0.640. The molecule has 1 aliphatic rings. The van der Waals surface area contributed by atoms with Gasteiger partial charge in [0.25, 0.3) is 0 Å². The fraction of sp³-hybridized carbons (Fsp3) is 0.143. The number of thioether (sulfide) groups is 1. The highest BCUT2D eigenvalue weighted by molar-refractivity contribution is 8.02. The standard InChI is InChI=1S/C7H4N2S/c8-3-7(4-9)6-1-2-10-5-6/h1-2H,5H2. The Kier molecular flexibility index (Phi) is 2.15. The molecule has 0 aliphatic carbocycles. The topological polar surface area (TPSA) is 47.6 Å². The van der Waals surface area contributed by atoms with Gasteiger partial charge in [0.2, 0.25) is 0 Å². The third-order valence-corrected chi connectivity index (χ3v) is 1.96. The molecule has 0 bridgehead atoms. The van der Waals surface area contributed by atoms with Crippen LogP contribution in [0.4, 0.5) is 0 Å². The van der Waals surface area contributed by atoms with Gasteiger partial charge in [0.05, 0.1) is 0 Å². The van der Waals surface area contributed by atoms with Crippen LogP contribution in [0.25, 0.3) is 0 Å². The summed E-state index contributed by atoms with van der Waals surface area (Å²) >= 11 is 1.60. The lowest BCUT2D eigenvalue weighted by Gasteiger charge is -1.87. The zero-order valence-corrected chi connectivity index (χ0v) is 5.98. The van der Waals surface area contributed by atoms with Crippen molar-refractivity contribution in [2.45, 2.75) is 0 Å². The first-order chi connectivity index (χ1) is 4.88. The van der Waals surface area contributed by atoms with Crippen LogP contribution in [0.15, 0.2) is 22.6 Å². The Morgan fingerprint density at radius 2 is 2.20 bits per heavy atom. The third kappa shape index (κ3) is 1.21. The van der Waals surface area contributed by atoms with Crippen molar-refractivity contribution in [2.24, 2.45) is 0 Å². The summed E-state index contributed by atoms with van der Waals surface area (Å²) in [6.45, 7) is 0. The van der Waals surface area contributed by atoms with Crippen molar-refractivity contribution in [1.29, 1.82) is 10.5 Å². The number of nitriles is 2. The van der Waals surface area contributed by atoms with Crippen LogP contribution in [0.3, 0.4) is 0 Å². The summed E-state index contributed by atoms with van der Waals surface area (Å²) in [6, 6.07) is 3.70. The Labute approximate surface area is 63.5 Å². The van der Waals surface area contributed by atoms with Gasteiger partial charge in [-0.05, 0) is 17.1 Å². The summed E-state index contributed by atoms with van der Waals surface area (Å²) < 4.78 is 0. The van der Waals surface area contributed by atoms with E-state index < -0.39 is 0 Å². The Bertz CT molecular complexity index is 259. The first kappa shape index (κ1) is 6.92. The molecule has 0 aromatic rings. The van der Waals surface area contributed by atoms with E-state index in [1.54, 1.807) is 11.8 Å². The molecule has 2 nitrogen and oxygen atoms in total. The average Bonchev–Trinajstić information content (AvgIpc) is 2.43. The summed E-state index contributed by atoms with van der Waals surface area (Å²) in [5.74, 6) is 0.760. The van der Waals surface area contributed by atoms with E-state index in [9.17, 15) is 0 Å². The molecule has 0 amide bonds. The van der Waals surface area contributed by atoms with Gasteiger partial charge in [-0.1, -0.05) is 0 Å². The van der Waals surface area contributed by atoms with Crippen molar-refractivity contribution in [3.05, 3.63) is 22.6 Å². The maximum atomic E-state index is 8.41. The first-order valence-corrected chi connectivity index (χ1v) is 3.75. The van der Waals surface area contributed by atoms with Crippen molar-refractivity contribution < 1.29 is 0 Å². The van der Waals surface area contributed by atoms with Crippen LogP contribution >= 0.6 is 11.8 Å². The maximum Gasteiger partial charge on any atom is 0.133 e. The molecule has 10 heavy (non-hydrogen) atoms. The van der Waals surface area contributed by atoms with E-state index in [1.165, 1.54) is 0 Å². The molecule has 0 aromatic heterocycles. The van der Waals surface area contributed by atoms with Gasteiger partial charge in [0, 0.05) is 5.75 Å². The molecule has 0 radical (unpaired) electrons. The molecule has 3 heteroatoms. The molecule has 1 heterocycles. The average molecular weight is 148 g/mol. The predicted octanol–water partition coefficient (Wildman–Crippen LogP) is 1.59. The molecule has 0 spiro atoms. The molecule has 0 saturated carbocycles. The summed E-state index contributed by atoms with van der Waals surface area (Å²) in [5.41, 5.74) is 1.08. The van der Waals surface area contributed by atoms with Crippen molar-refractivity contribution >= 4 is 11.8 Å². The largest absolute Gasteiger partial charge is 0.192 e. The number of allylic oxidation sites excluding steroid dienone is 2. The first-order valence-electron chi connectivity index (χ1n) is 2.70. The van der Waals surface area contributed by atoms with Crippen molar-refractivity contribution in [2.75, 3.05) is 5.75 Å². The van der Waals surface area contributed by atoms with Gasteiger partial charge in [-0.3, -0.25) is 0 Å². The Morgan fingerprint density at radius 1 is 1.50 bits per heavy atom. The van der Waals surface area contributed by atoms with Gasteiger partial charge in [-0.2, -0.15) is 10.5 Å². The maximum absolute atomic E-state index is 8.41. The van der Waals surface area contributed by atoms with Crippen LogP contribution < -0.4 is 0 Å². The smallest absolute Gasteiger partial charge is 0.133 e. The van der Waals surface area contributed by atoms with Crippen LogP contribution in [0.1, 0.15) is 0 Å². The van der Waals surface area contributed by atoms with E-state index in [-0.39, 0.29) is 5.57 Å². The molecular weight excluding hydrogens is 144 g/mol. The van der Waals surface area contributed by atoms with Gasteiger partial charge in [0.15, 0.2) is 0 Å².